The molecule has 19 heavy (non-hydrogen) atoms. The van der Waals surface area contributed by atoms with Crippen LogP contribution in [0.15, 0.2) is 40.2 Å². The first-order valence-electron chi connectivity index (χ1n) is 5.93. The fourth-order valence-corrected chi connectivity index (χ4v) is 3.29. The third-order valence-electron chi connectivity index (χ3n) is 2.74. The molecule has 3 nitrogen and oxygen atoms in total. The highest BCUT2D eigenvalue weighted by atomic mass is 79.9. The maximum absolute atomic E-state index is 11.0. The van der Waals surface area contributed by atoms with Crippen LogP contribution in [0.3, 0.4) is 0 Å². The summed E-state index contributed by atoms with van der Waals surface area (Å²) in [5.74, 6) is -0.875. The minimum atomic E-state index is -0.875. The first-order chi connectivity index (χ1) is 9.16. The Bertz CT molecular complexity index is 568. The quantitative estimate of drug-likeness (QED) is 0.791. The molecular formula is C14H14BrNO2S. The Kier molecular flexibility index (Phi) is 5.13. The molecule has 0 fully saturated rings. The lowest BCUT2D eigenvalue weighted by Gasteiger charge is -2.07. The molecule has 2 N–H and O–H groups in total. The van der Waals surface area contributed by atoms with Gasteiger partial charge in [-0.1, -0.05) is 18.2 Å². The number of halogens is 1. The molecule has 1 aromatic heterocycles. The number of carbonyl (C=O) groups is 1. The van der Waals surface area contributed by atoms with Gasteiger partial charge in [0.25, 0.3) is 0 Å². The van der Waals surface area contributed by atoms with Gasteiger partial charge in [-0.15, -0.1) is 11.3 Å². The average molecular weight is 340 g/mol. The van der Waals surface area contributed by atoms with E-state index < -0.39 is 5.97 Å². The monoisotopic (exact) mass is 339 g/mol. The van der Waals surface area contributed by atoms with E-state index in [0.717, 1.165) is 22.3 Å². The zero-order chi connectivity index (χ0) is 13.7. The summed E-state index contributed by atoms with van der Waals surface area (Å²) in [4.78, 5) is 12.4. The average Bonchev–Trinajstić information content (AvgIpc) is 2.81. The predicted octanol–water partition coefficient (Wildman–Crippen LogP) is 3.54. The van der Waals surface area contributed by atoms with Crippen molar-refractivity contribution in [3.8, 4) is 0 Å². The summed E-state index contributed by atoms with van der Waals surface area (Å²) >= 11 is 5.16. The van der Waals surface area contributed by atoms with Crippen molar-refractivity contribution in [1.82, 2.24) is 5.32 Å². The molecule has 5 heteroatoms. The van der Waals surface area contributed by atoms with Crippen LogP contribution in [0.2, 0.25) is 0 Å². The number of rotatable bonds is 6. The zero-order valence-corrected chi connectivity index (χ0v) is 12.6. The standard InChI is InChI=1S/C14H14BrNO2S/c15-13-6-5-11(19-13)7-8-16-9-10-3-1-2-4-12(10)14(17)18/h1-6,16H,7-9H2,(H,17,18). The molecular weight excluding hydrogens is 326 g/mol. The first-order valence-corrected chi connectivity index (χ1v) is 7.54. The van der Waals surface area contributed by atoms with E-state index in [1.165, 1.54) is 4.88 Å². The van der Waals surface area contributed by atoms with E-state index in [9.17, 15) is 4.79 Å². The molecule has 0 bridgehead atoms. The Hall–Kier alpha value is -1.17. The highest BCUT2D eigenvalue weighted by molar-refractivity contribution is 9.11. The normalized spacial score (nSPS) is 10.6. The maximum atomic E-state index is 11.0. The minimum absolute atomic E-state index is 0.369. The number of carboxylic acids is 1. The van der Waals surface area contributed by atoms with Gasteiger partial charge in [-0.05, 0) is 46.1 Å². The van der Waals surface area contributed by atoms with Crippen molar-refractivity contribution < 1.29 is 9.90 Å². The van der Waals surface area contributed by atoms with Gasteiger partial charge in [-0.3, -0.25) is 0 Å². The number of hydrogen-bond donors (Lipinski definition) is 2. The Morgan fingerprint density at radius 3 is 2.74 bits per heavy atom. The summed E-state index contributed by atoms with van der Waals surface area (Å²) in [5.41, 5.74) is 1.19. The van der Waals surface area contributed by atoms with Crippen LogP contribution in [0.5, 0.6) is 0 Å². The number of benzene rings is 1. The Morgan fingerprint density at radius 2 is 2.05 bits per heavy atom. The second kappa shape index (κ2) is 6.84. The van der Waals surface area contributed by atoms with Crippen LogP contribution in [0.4, 0.5) is 0 Å². The van der Waals surface area contributed by atoms with Crippen molar-refractivity contribution >= 4 is 33.2 Å². The molecule has 0 aliphatic carbocycles. The predicted molar refractivity (Wildman–Crippen MR) is 80.8 cm³/mol. The van der Waals surface area contributed by atoms with Crippen LogP contribution in [0.25, 0.3) is 0 Å². The smallest absolute Gasteiger partial charge is 0.336 e. The molecule has 0 saturated heterocycles. The Morgan fingerprint density at radius 1 is 1.26 bits per heavy atom. The van der Waals surface area contributed by atoms with Gasteiger partial charge < -0.3 is 10.4 Å². The van der Waals surface area contributed by atoms with Crippen LogP contribution in [0, 0.1) is 0 Å². The highest BCUT2D eigenvalue weighted by Gasteiger charge is 2.08. The Balaban J connectivity index is 1.84. The third-order valence-corrected chi connectivity index (χ3v) is 4.42. The zero-order valence-electron chi connectivity index (χ0n) is 10.2. The van der Waals surface area contributed by atoms with E-state index in [-0.39, 0.29) is 0 Å². The molecule has 0 saturated carbocycles. The summed E-state index contributed by atoms with van der Waals surface area (Å²) in [7, 11) is 0. The SMILES string of the molecule is O=C(O)c1ccccc1CNCCc1ccc(Br)s1. The molecule has 100 valence electrons. The van der Waals surface area contributed by atoms with Gasteiger partial charge in [-0.2, -0.15) is 0 Å². The van der Waals surface area contributed by atoms with Crippen LogP contribution in [-0.2, 0) is 13.0 Å². The van der Waals surface area contributed by atoms with Crippen molar-refractivity contribution in [2.24, 2.45) is 0 Å². The highest BCUT2D eigenvalue weighted by Crippen LogP contribution is 2.22. The minimum Gasteiger partial charge on any atom is -0.478 e. The van der Waals surface area contributed by atoms with Crippen molar-refractivity contribution in [3.05, 3.63) is 56.2 Å². The maximum Gasteiger partial charge on any atom is 0.336 e. The summed E-state index contributed by atoms with van der Waals surface area (Å²) < 4.78 is 1.14. The van der Waals surface area contributed by atoms with Crippen molar-refractivity contribution in [1.29, 1.82) is 0 Å². The van der Waals surface area contributed by atoms with Gasteiger partial charge in [0.1, 0.15) is 0 Å². The van der Waals surface area contributed by atoms with Crippen molar-refractivity contribution in [2.75, 3.05) is 6.54 Å². The van der Waals surface area contributed by atoms with Gasteiger partial charge in [0.15, 0.2) is 0 Å². The second-order valence-corrected chi connectivity index (χ2v) is 6.64. The third kappa shape index (κ3) is 4.16. The molecule has 0 aliphatic rings. The topological polar surface area (TPSA) is 49.3 Å². The number of hydrogen-bond acceptors (Lipinski definition) is 3. The molecule has 2 rings (SSSR count). The summed E-state index contributed by atoms with van der Waals surface area (Å²) in [6, 6.07) is 11.2. The van der Waals surface area contributed by atoms with E-state index in [2.05, 4.69) is 27.3 Å². The number of nitrogens with one attached hydrogen (secondary N) is 1. The van der Waals surface area contributed by atoms with E-state index in [1.807, 2.05) is 18.2 Å². The number of aromatic carboxylic acids is 1. The molecule has 0 amide bonds. The molecule has 2 aromatic rings. The van der Waals surface area contributed by atoms with E-state index >= 15 is 0 Å². The summed E-state index contributed by atoms with van der Waals surface area (Å²) in [6.07, 6.45) is 0.950. The fourth-order valence-electron chi connectivity index (χ4n) is 1.80. The van der Waals surface area contributed by atoms with Gasteiger partial charge in [-0.25, -0.2) is 4.79 Å². The van der Waals surface area contributed by atoms with Crippen LogP contribution in [-0.4, -0.2) is 17.6 Å². The molecule has 1 heterocycles. The van der Waals surface area contributed by atoms with Crippen molar-refractivity contribution in [2.45, 2.75) is 13.0 Å². The molecule has 0 unspecified atom stereocenters. The van der Waals surface area contributed by atoms with E-state index in [1.54, 1.807) is 23.5 Å². The van der Waals surface area contributed by atoms with Crippen LogP contribution in [0.1, 0.15) is 20.8 Å². The summed E-state index contributed by atoms with van der Waals surface area (Å²) in [6.45, 7) is 1.41. The van der Waals surface area contributed by atoms with Crippen molar-refractivity contribution in [3.63, 3.8) is 0 Å². The molecule has 0 atom stereocenters. The van der Waals surface area contributed by atoms with Gasteiger partial charge in [0.2, 0.25) is 0 Å². The van der Waals surface area contributed by atoms with E-state index in [4.69, 9.17) is 5.11 Å². The fraction of sp³-hybridized carbons (Fsp3) is 0.214. The molecule has 0 aliphatic heterocycles. The van der Waals surface area contributed by atoms with Gasteiger partial charge in [0, 0.05) is 18.0 Å². The molecule has 0 spiro atoms. The number of carboxylic acid groups (broad SMARTS) is 1. The lowest BCUT2D eigenvalue weighted by atomic mass is 10.1. The van der Waals surface area contributed by atoms with E-state index in [0.29, 0.717) is 12.1 Å². The second-order valence-electron chi connectivity index (χ2n) is 4.09. The van der Waals surface area contributed by atoms with Crippen LogP contribution < -0.4 is 5.32 Å². The Labute approximate surface area is 124 Å². The van der Waals surface area contributed by atoms with Crippen LogP contribution >= 0.6 is 27.3 Å². The van der Waals surface area contributed by atoms with Gasteiger partial charge >= 0.3 is 5.97 Å². The molecule has 0 radical (unpaired) electrons. The summed E-state index contributed by atoms with van der Waals surface area (Å²) in [5, 5.41) is 12.4. The first kappa shape index (κ1) is 14.2. The lowest BCUT2D eigenvalue weighted by Crippen LogP contribution is -2.18. The largest absolute Gasteiger partial charge is 0.478 e. The van der Waals surface area contributed by atoms with Gasteiger partial charge in [0.05, 0.1) is 9.35 Å². The number of thiophene rings is 1. The lowest BCUT2D eigenvalue weighted by molar-refractivity contribution is 0.0695. The molecule has 1 aromatic carbocycles.